The van der Waals surface area contributed by atoms with Crippen molar-refractivity contribution in [1.82, 2.24) is 19.7 Å². The Kier molecular flexibility index (Phi) is 8.01. The number of nitrogens with zero attached hydrogens (tertiary/aromatic N) is 4. The zero-order chi connectivity index (χ0) is 31.8. The molecule has 3 heterocycles. The van der Waals surface area contributed by atoms with Gasteiger partial charge in [-0.25, -0.2) is 14.8 Å². The average Bonchev–Trinajstić information content (AvgIpc) is 3.55. The van der Waals surface area contributed by atoms with Gasteiger partial charge in [-0.3, -0.25) is 4.68 Å². The normalized spacial score (nSPS) is 12.2. The molecule has 44 heavy (non-hydrogen) atoms. The van der Waals surface area contributed by atoms with Gasteiger partial charge < -0.3 is 21.0 Å². The van der Waals surface area contributed by atoms with Crippen molar-refractivity contribution in [2.45, 2.75) is 32.4 Å². The van der Waals surface area contributed by atoms with Crippen molar-refractivity contribution in [1.29, 1.82) is 0 Å². The number of aliphatic carboxylic acids is 1. The van der Waals surface area contributed by atoms with Gasteiger partial charge in [0, 0.05) is 29.1 Å². The summed E-state index contributed by atoms with van der Waals surface area (Å²) >= 11 is 0. The number of anilines is 2. The number of pyridine rings is 1. The van der Waals surface area contributed by atoms with E-state index in [4.69, 9.17) is 40.9 Å². The van der Waals surface area contributed by atoms with Gasteiger partial charge in [-0.15, -0.1) is 0 Å². The molecule has 0 amide bonds. The smallest absolute Gasteiger partial charge is 0.475 e. The van der Waals surface area contributed by atoms with Crippen LogP contribution in [0.15, 0.2) is 77.4 Å². The zero-order valence-electron chi connectivity index (χ0n) is 24.1. The molecule has 1 unspecified atom stereocenters. The van der Waals surface area contributed by atoms with Crippen LogP contribution in [-0.4, -0.2) is 37.0 Å². The first-order chi connectivity index (χ1) is 20.9. The average molecular weight is 603 g/mol. The number of benzene rings is 3. The molecule has 0 fully saturated rings. The number of alkyl halides is 3. The van der Waals surface area contributed by atoms with Gasteiger partial charge in [0.2, 0.25) is 0 Å². The van der Waals surface area contributed by atoms with Crippen LogP contribution >= 0.6 is 0 Å². The third-order valence-corrected chi connectivity index (χ3v) is 7.21. The minimum absolute atomic E-state index is 0.313. The largest absolute Gasteiger partial charge is 0.490 e. The molecule has 0 bridgehead atoms. The number of aromatic nitrogens is 4. The number of aryl methyl sites for hydroxylation is 3. The Morgan fingerprint density at radius 1 is 1.02 bits per heavy atom. The molecule has 9 nitrogen and oxygen atoms in total. The van der Waals surface area contributed by atoms with Gasteiger partial charge in [0.25, 0.3) is 0 Å². The van der Waals surface area contributed by atoms with Crippen LogP contribution < -0.4 is 11.5 Å². The molecule has 1 atom stereocenters. The first-order valence-corrected chi connectivity index (χ1v) is 13.6. The van der Waals surface area contributed by atoms with Crippen LogP contribution in [0, 0.1) is 6.92 Å². The highest BCUT2D eigenvalue weighted by Crippen LogP contribution is 2.37. The minimum atomic E-state index is -5.08. The Morgan fingerprint density at radius 3 is 2.39 bits per heavy atom. The number of carboxylic acids is 1. The van der Waals surface area contributed by atoms with Crippen LogP contribution in [0.4, 0.5) is 24.7 Å². The molecule has 0 saturated carbocycles. The van der Waals surface area contributed by atoms with Crippen molar-refractivity contribution in [2.75, 3.05) is 11.5 Å². The standard InChI is InChI=1S/C30H28N6O.C2HF3O2/c1-4-18-12-21(14-24-17(2)16-37-27(18)24)26(25-15-20-13-22(31)10-11-23(20)28(32)33-25)30-34-29(35-36(30)3)19-8-6-5-7-9-19;3-2(4,5)1(6)7/h5-16,26H,4,31H2,1-3H3,(H2,32,33);(H,6,7). The second-order valence-electron chi connectivity index (χ2n) is 10.3. The van der Waals surface area contributed by atoms with E-state index in [1.165, 1.54) is 0 Å². The van der Waals surface area contributed by atoms with E-state index in [2.05, 4.69) is 32.0 Å². The second kappa shape index (κ2) is 11.7. The van der Waals surface area contributed by atoms with Crippen LogP contribution in [0.2, 0.25) is 0 Å². The number of furan rings is 1. The maximum atomic E-state index is 10.6. The molecule has 226 valence electrons. The lowest BCUT2D eigenvalue weighted by Gasteiger charge is -2.19. The summed E-state index contributed by atoms with van der Waals surface area (Å²) in [5, 5.41) is 14.8. The zero-order valence-corrected chi connectivity index (χ0v) is 24.1. The van der Waals surface area contributed by atoms with Gasteiger partial charge in [0.15, 0.2) is 5.82 Å². The summed E-state index contributed by atoms with van der Waals surface area (Å²) < 4.78 is 39.5. The van der Waals surface area contributed by atoms with Crippen LogP contribution in [0.5, 0.6) is 0 Å². The van der Waals surface area contributed by atoms with Gasteiger partial charge in [0.05, 0.1) is 17.9 Å². The van der Waals surface area contributed by atoms with Crippen molar-refractivity contribution in [3.8, 4) is 11.4 Å². The van der Waals surface area contributed by atoms with E-state index in [0.717, 1.165) is 61.9 Å². The molecule has 0 saturated heterocycles. The summed E-state index contributed by atoms with van der Waals surface area (Å²) in [7, 11) is 1.92. The first-order valence-electron chi connectivity index (χ1n) is 13.6. The summed E-state index contributed by atoms with van der Waals surface area (Å²) in [5.74, 6) is -1.17. The van der Waals surface area contributed by atoms with Crippen molar-refractivity contribution >= 4 is 39.2 Å². The molecular formula is C32H29F3N6O3. The highest BCUT2D eigenvalue weighted by Gasteiger charge is 2.38. The molecule has 0 radical (unpaired) electrons. The number of nitrogen functional groups attached to an aromatic ring is 2. The summed E-state index contributed by atoms with van der Waals surface area (Å²) in [6.45, 7) is 4.20. The van der Waals surface area contributed by atoms with E-state index >= 15 is 0 Å². The van der Waals surface area contributed by atoms with Crippen LogP contribution in [-0.2, 0) is 18.3 Å². The number of fused-ring (bicyclic) bond motifs is 2. The Hall–Kier alpha value is -5.39. The van der Waals surface area contributed by atoms with Gasteiger partial charge in [0.1, 0.15) is 17.2 Å². The van der Waals surface area contributed by atoms with Crippen molar-refractivity contribution in [3.63, 3.8) is 0 Å². The molecule has 6 rings (SSSR count). The monoisotopic (exact) mass is 602 g/mol. The molecule has 0 aliphatic rings. The summed E-state index contributed by atoms with van der Waals surface area (Å²) in [4.78, 5) is 18.8. The van der Waals surface area contributed by atoms with E-state index in [1.54, 1.807) is 0 Å². The molecule has 3 aromatic heterocycles. The lowest BCUT2D eigenvalue weighted by Crippen LogP contribution is -2.21. The van der Waals surface area contributed by atoms with Crippen LogP contribution in [0.1, 0.15) is 41.1 Å². The summed E-state index contributed by atoms with van der Waals surface area (Å²) in [6, 6.07) is 22.1. The summed E-state index contributed by atoms with van der Waals surface area (Å²) in [6.07, 6.45) is -2.44. The topological polar surface area (TPSA) is 146 Å². The third kappa shape index (κ3) is 5.91. The molecule has 0 spiro atoms. The van der Waals surface area contributed by atoms with Gasteiger partial charge >= 0.3 is 12.1 Å². The van der Waals surface area contributed by atoms with E-state index < -0.39 is 12.1 Å². The molecule has 0 aliphatic carbocycles. The molecule has 5 N–H and O–H groups in total. The Morgan fingerprint density at radius 2 is 1.73 bits per heavy atom. The lowest BCUT2D eigenvalue weighted by molar-refractivity contribution is -0.192. The number of nitrogens with two attached hydrogens (primary N) is 2. The third-order valence-electron chi connectivity index (χ3n) is 7.21. The number of carboxylic acid groups (broad SMARTS) is 1. The van der Waals surface area contributed by atoms with E-state index in [9.17, 15) is 13.2 Å². The number of hydrogen-bond donors (Lipinski definition) is 3. The molecule has 3 aromatic carbocycles. The van der Waals surface area contributed by atoms with Crippen molar-refractivity contribution in [3.05, 3.63) is 101 Å². The fraction of sp³-hybridized carbons (Fsp3) is 0.188. The van der Waals surface area contributed by atoms with E-state index in [1.807, 2.05) is 66.5 Å². The summed E-state index contributed by atoms with van der Waals surface area (Å²) in [5.41, 5.74) is 19.2. The predicted molar refractivity (Wildman–Crippen MR) is 162 cm³/mol. The number of rotatable bonds is 5. The van der Waals surface area contributed by atoms with E-state index in [0.29, 0.717) is 17.3 Å². The molecule has 0 aliphatic heterocycles. The van der Waals surface area contributed by atoms with Crippen LogP contribution in [0.3, 0.4) is 0 Å². The maximum absolute atomic E-state index is 10.6. The molecule has 12 heteroatoms. The quantitative estimate of drug-likeness (QED) is 0.187. The number of hydrogen-bond acceptors (Lipinski definition) is 7. The lowest BCUT2D eigenvalue weighted by atomic mass is 9.89. The maximum Gasteiger partial charge on any atom is 0.490 e. The number of halogens is 3. The second-order valence-corrected chi connectivity index (χ2v) is 10.3. The number of carbonyl (C=O) groups is 1. The van der Waals surface area contributed by atoms with Crippen molar-refractivity contribution < 1.29 is 27.5 Å². The Labute approximate surface area is 249 Å². The Balaban J connectivity index is 0.000000493. The molecule has 6 aromatic rings. The fourth-order valence-electron chi connectivity index (χ4n) is 5.07. The van der Waals surface area contributed by atoms with Gasteiger partial charge in [-0.05, 0) is 65.8 Å². The highest BCUT2D eigenvalue weighted by atomic mass is 19.4. The van der Waals surface area contributed by atoms with Crippen molar-refractivity contribution in [2.24, 2.45) is 7.05 Å². The van der Waals surface area contributed by atoms with E-state index in [-0.39, 0.29) is 5.92 Å². The van der Waals surface area contributed by atoms with Crippen LogP contribution in [0.25, 0.3) is 33.1 Å². The highest BCUT2D eigenvalue weighted by molar-refractivity contribution is 5.93. The fourth-order valence-corrected chi connectivity index (χ4v) is 5.07. The SMILES string of the molecule is CCc1cc(C(c2cc3cc(N)ccc3c(N)n2)c2nc(-c3ccccc3)nn2C)cc2c(C)coc12.O=C(O)C(F)(F)F. The minimum Gasteiger partial charge on any atom is -0.475 e. The first kappa shape index (κ1) is 30.1. The predicted octanol–water partition coefficient (Wildman–Crippen LogP) is 6.63. The van der Waals surface area contributed by atoms with Gasteiger partial charge in [-0.1, -0.05) is 43.3 Å². The molecular weight excluding hydrogens is 573 g/mol. The Bertz CT molecular complexity index is 1980. The van der Waals surface area contributed by atoms with Gasteiger partial charge in [-0.2, -0.15) is 18.3 Å².